The number of fused-ring (bicyclic) bond motifs is 1. The number of hydrogen-bond donors (Lipinski definition) is 2. The van der Waals surface area contributed by atoms with Gasteiger partial charge in [0, 0.05) is 6.20 Å². The molecule has 0 unspecified atom stereocenters. The van der Waals surface area contributed by atoms with Crippen molar-refractivity contribution in [1.29, 1.82) is 0 Å². The number of aromatic amines is 1. The van der Waals surface area contributed by atoms with Gasteiger partial charge in [-0.1, -0.05) is 24.3 Å². The molecule has 0 atom stereocenters. The summed E-state index contributed by atoms with van der Waals surface area (Å²) in [5, 5.41) is 10.3. The van der Waals surface area contributed by atoms with E-state index in [9.17, 15) is 9.90 Å². The first-order chi connectivity index (χ1) is 9.18. The number of aromatic hydroxyl groups is 1. The third-order valence-corrected chi connectivity index (χ3v) is 3.16. The van der Waals surface area contributed by atoms with Gasteiger partial charge in [0.15, 0.2) is 5.75 Å². The number of rotatable bonds is 1. The minimum atomic E-state index is -0.313. The Labute approximate surface area is 109 Å². The number of pyridine rings is 2. The molecule has 19 heavy (non-hydrogen) atoms. The second kappa shape index (κ2) is 4.24. The topological polar surface area (TPSA) is 66.0 Å². The summed E-state index contributed by atoms with van der Waals surface area (Å²) in [7, 11) is 0. The molecule has 0 radical (unpaired) electrons. The molecular formula is C15H12N2O2. The van der Waals surface area contributed by atoms with Crippen LogP contribution in [0.4, 0.5) is 0 Å². The van der Waals surface area contributed by atoms with Crippen LogP contribution in [0.15, 0.2) is 47.4 Å². The Kier molecular flexibility index (Phi) is 2.56. The molecule has 0 saturated heterocycles. The third-order valence-electron chi connectivity index (χ3n) is 3.16. The fourth-order valence-corrected chi connectivity index (χ4v) is 2.21. The lowest BCUT2D eigenvalue weighted by atomic mass is 10.0. The summed E-state index contributed by atoms with van der Waals surface area (Å²) in [4.78, 5) is 19.0. The van der Waals surface area contributed by atoms with Crippen LogP contribution in [0.1, 0.15) is 5.56 Å². The zero-order chi connectivity index (χ0) is 13.4. The maximum atomic E-state index is 12.2. The van der Waals surface area contributed by atoms with Crippen molar-refractivity contribution in [3.8, 4) is 16.9 Å². The van der Waals surface area contributed by atoms with E-state index in [0.717, 1.165) is 5.56 Å². The van der Waals surface area contributed by atoms with Gasteiger partial charge in [-0.15, -0.1) is 0 Å². The Morgan fingerprint density at radius 3 is 2.74 bits per heavy atom. The highest BCUT2D eigenvalue weighted by Crippen LogP contribution is 2.31. The van der Waals surface area contributed by atoms with Crippen LogP contribution in [0.25, 0.3) is 22.2 Å². The first-order valence-electron chi connectivity index (χ1n) is 5.94. The van der Waals surface area contributed by atoms with E-state index < -0.39 is 0 Å². The van der Waals surface area contributed by atoms with E-state index in [1.807, 2.05) is 31.2 Å². The van der Waals surface area contributed by atoms with Crippen LogP contribution in [0.3, 0.4) is 0 Å². The van der Waals surface area contributed by atoms with Crippen LogP contribution in [-0.2, 0) is 0 Å². The Morgan fingerprint density at radius 2 is 1.95 bits per heavy atom. The molecule has 0 saturated carbocycles. The summed E-state index contributed by atoms with van der Waals surface area (Å²) in [5.41, 5.74) is 2.53. The fraction of sp³-hybridized carbons (Fsp3) is 0.0667. The quantitative estimate of drug-likeness (QED) is 0.699. The molecule has 0 aliphatic carbocycles. The Bertz CT molecular complexity index is 822. The highest BCUT2D eigenvalue weighted by atomic mass is 16.3. The number of aryl methyl sites for hydroxylation is 1. The van der Waals surface area contributed by atoms with E-state index in [2.05, 4.69) is 9.97 Å². The normalized spacial score (nSPS) is 10.8. The van der Waals surface area contributed by atoms with Crippen molar-refractivity contribution in [2.75, 3.05) is 0 Å². The lowest BCUT2D eigenvalue weighted by molar-refractivity contribution is 0.481. The van der Waals surface area contributed by atoms with Crippen LogP contribution in [-0.4, -0.2) is 15.1 Å². The summed E-state index contributed by atoms with van der Waals surface area (Å²) >= 11 is 0. The molecule has 4 heteroatoms. The van der Waals surface area contributed by atoms with Gasteiger partial charge < -0.3 is 10.1 Å². The van der Waals surface area contributed by atoms with Gasteiger partial charge in [0.25, 0.3) is 5.56 Å². The van der Waals surface area contributed by atoms with Crippen molar-refractivity contribution < 1.29 is 5.11 Å². The van der Waals surface area contributed by atoms with Crippen LogP contribution in [0.2, 0.25) is 0 Å². The minimum absolute atomic E-state index is 0.0753. The standard InChI is InChI=1S/C15H12N2O2/c1-9-5-2-3-6-10(9)12-14(18)13-11(17-15(12)19)7-4-8-16-13/h2-8H,1H3,(H2,17,18,19). The molecule has 3 aromatic rings. The molecule has 3 rings (SSSR count). The van der Waals surface area contributed by atoms with Crippen LogP contribution in [0.5, 0.6) is 5.75 Å². The van der Waals surface area contributed by atoms with Crippen molar-refractivity contribution in [2.24, 2.45) is 0 Å². The molecule has 2 N–H and O–H groups in total. The smallest absolute Gasteiger partial charge is 0.260 e. The van der Waals surface area contributed by atoms with Gasteiger partial charge in [-0.3, -0.25) is 9.78 Å². The monoisotopic (exact) mass is 252 g/mol. The van der Waals surface area contributed by atoms with Crippen molar-refractivity contribution in [3.63, 3.8) is 0 Å². The number of H-pyrrole nitrogens is 1. The molecule has 4 nitrogen and oxygen atoms in total. The minimum Gasteiger partial charge on any atom is -0.505 e. The first kappa shape index (κ1) is 11.5. The van der Waals surface area contributed by atoms with E-state index in [-0.39, 0.29) is 16.9 Å². The Hall–Kier alpha value is -2.62. The van der Waals surface area contributed by atoms with Crippen molar-refractivity contribution in [1.82, 2.24) is 9.97 Å². The van der Waals surface area contributed by atoms with E-state index in [0.29, 0.717) is 16.6 Å². The van der Waals surface area contributed by atoms with E-state index in [1.165, 1.54) is 0 Å². The predicted molar refractivity (Wildman–Crippen MR) is 74.2 cm³/mol. The van der Waals surface area contributed by atoms with Gasteiger partial charge in [-0.2, -0.15) is 0 Å². The summed E-state index contributed by atoms with van der Waals surface area (Å²) in [6.45, 7) is 1.90. The molecule has 0 amide bonds. The number of aromatic nitrogens is 2. The summed E-state index contributed by atoms with van der Waals surface area (Å²) < 4.78 is 0. The van der Waals surface area contributed by atoms with Crippen LogP contribution in [0, 0.1) is 6.92 Å². The van der Waals surface area contributed by atoms with Crippen molar-refractivity contribution in [3.05, 3.63) is 58.5 Å². The van der Waals surface area contributed by atoms with Gasteiger partial charge in [0.05, 0.1) is 11.1 Å². The van der Waals surface area contributed by atoms with Crippen molar-refractivity contribution in [2.45, 2.75) is 6.92 Å². The van der Waals surface area contributed by atoms with E-state index in [1.54, 1.807) is 18.3 Å². The summed E-state index contributed by atoms with van der Waals surface area (Å²) in [5.74, 6) is -0.0753. The van der Waals surface area contributed by atoms with E-state index in [4.69, 9.17) is 0 Å². The van der Waals surface area contributed by atoms with Gasteiger partial charge in [-0.05, 0) is 30.2 Å². The van der Waals surface area contributed by atoms with Gasteiger partial charge in [0.1, 0.15) is 5.52 Å². The molecule has 2 heterocycles. The number of nitrogens with one attached hydrogen (secondary N) is 1. The third kappa shape index (κ3) is 1.78. The number of hydrogen-bond acceptors (Lipinski definition) is 3. The van der Waals surface area contributed by atoms with Crippen LogP contribution < -0.4 is 5.56 Å². The lowest BCUT2D eigenvalue weighted by Crippen LogP contribution is -2.10. The molecule has 0 spiro atoms. The molecular weight excluding hydrogens is 240 g/mol. The zero-order valence-electron chi connectivity index (χ0n) is 10.3. The molecule has 0 aliphatic heterocycles. The molecule has 2 aromatic heterocycles. The molecule has 1 aromatic carbocycles. The first-order valence-corrected chi connectivity index (χ1v) is 5.94. The number of nitrogens with zero attached hydrogens (tertiary/aromatic N) is 1. The molecule has 0 bridgehead atoms. The molecule has 0 fully saturated rings. The highest BCUT2D eigenvalue weighted by Gasteiger charge is 2.15. The van der Waals surface area contributed by atoms with E-state index >= 15 is 0 Å². The second-order valence-corrected chi connectivity index (χ2v) is 4.39. The Balaban J connectivity index is 2.43. The lowest BCUT2D eigenvalue weighted by Gasteiger charge is -2.08. The summed E-state index contributed by atoms with van der Waals surface area (Å²) in [6.07, 6.45) is 1.59. The van der Waals surface area contributed by atoms with Gasteiger partial charge in [0.2, 0.25) is 0 Å². The fourth-order valence-electron chi connectivity index (χ4n) is 2.21. The number of benzene rings is 1. The second-order valence-electron chi connectivity index (χ2n) is 4.39. The maximum absolute atomic E-state index is 12.2. The van der Waals surface area contributed by atoms with Gasteiger partial charge in [-0.25, -0.2) is 0 Å². The van der Waals surface area contributed by atoms with Crippen molar-refractivity contribution >= 4 is 11.0 Å². The van der Waals surface area contributed by atoms with Crippen LogP contribution >= 0.6 is 0 Å². The molecule has 0 aliphatic rings. The highest BCUT2D eigenvalue weighted by molar-refractivity contribution is 5.89. The Morgan fingerprint density at radius 1 is 1.16 bits per heavy atom. The summed E-state index contributed by atoms with van der Waals surface area (Å²) in [6, 6.07) is 10.9. The SMILES string of the molecule is Cc1ccccc1-c1c(O)c2ncccc2[nH]c1=O. The average molecular weight is 252 g/mol. The maximum Gasteiger partial charge on any atom is 0.260 e. The zero-order valence-corrected chi connectivity index (χ0v) is 10.3. The predicted octanol–water partition coefficient (Wildman–Crippen LogP) is 2.60. The molecule has 94 valence electrons. The average Bonchev–Trinajstić information content (AvgIpc) is 2.41. The van der Waals surface area contributed by atoms with Gasteiger partial charge >= 0.3 is 0 Å². The largest absolute Gasteiger partial charge is 0.505 e.